The summed E-state index contributed by atoms with van der Waals surface area (Å²) in [7, 11) is 4.92. The van der Waals surface area contributed by atoms with Crippen molar-refractivity contribution >= 4 is 34.1 Å². The first-order valence-electron chi connectivity index (χ1n) is 16.8. The lowest BCUT2D eigenvalue weighted by Gasteiger charge is -2.50. The van der Waals surface area contributed by atoms with E-state index in [1.165, 1.54) is 35.1 Å². The molecule has 0 bridgehead atoms. The number of pyridine rings is 2. The van der Waals surface area contributed by atoms with Crippen molar-refractivity contribution < 1.29 is 27.5 Å². The Labute approximate surface area is 294 Å². The molecule has 2 aliphatic rings. The lowest BCUT2D eigenvalue weighted by Crippen LogP contribution is -2.67. The molecule has 10 nitrogen and oxygen atoms in total. The molecule has 2 unspecified atom stereocenters. The van der Waals surface area contributed by atoms with Gasteiger partial charge in [-0.15, -0.1) is 0 Å². The molecule has 4 aromatic rings. The number of nitrogens with zero attached hydrogens (tertiary/aromatic N) is 6. The van der Waals surface area contributed by atoms with Crippen LogP contribution in [0.4, 0.5) is 24.5 Å². The van der Waals surface area contributed by atoms with Crippen molar-refractivity contribution in [3.8, 4) is 22.6 Å². The Balaban J connectivity index is 1.82. The summed E-state index contributed by atoms with van der Waals surface area (Å²) in [5.41, 5.74) is -0.745. The zero-order valence-electron chi connectivity index (χ0n) is 29.8. The van der Waals surface area contributed by atoms with Gasteiger partial charge in [-0.05, 0) is 69.8 Å². The fourth-order valence-electron chi connectivity index (χ4n) is 7.29. The number of aromatic nitrogens is 2. The Hall–Kier alpha value is -5.17. The number of ether oxygens (including phenoxy) is 1. The predicted molar refractivity (Wildman–Crippen MR) is 191 cm³/mol. The van der Waals surface area contributed by atoms with Crippen molar-refractivity contribution in [3.63, 3.8) is 0 Å². The van der Waals surface area contributed by atoms with E-state index in [0.29, 0.717) is 17.8 Å². The Morgan fingerprint density at radius 2 is 1.80 bits per heavy atom. The maximum absolute atomic E-state index is 17.6. The van der Waals surface area contributed by atoms with Gasteiger partial charge >= 0.3 is 0 Å². The average Bonchev–Trinajstić information content (AvgIpc) is 3.08. The third-order valence-corrected chi connectivity index (χ3v) is 9.75. The molecule has 2 aliphatic heterocycles. The van der Waals surface area contributed by atoms with Crippen LogP contribution in [0.3, 0.4) is 0 Å². The minimum atomic E-state index is -1.19. The molecule has 0 N–H and O–H groups in total. The molecule has 2 aromatic carbocycles. The zero-order chi connectivity index (χ0) is 37.0. The van der Waals surface area contributed by atoms with Crippen molar-refractivity contribution in [3.05, 3.63) is 88.2 Å². The van der Waals surface area contributed by atoms with Crippen LogP contribution < -0.4 is 20.1 Å². The Kier molecular flexibility index (Phi) is 9.45. The highest BCUT2D eigenvalue weighted by molar-refractivity contribution is 6.13. The van der Waals surface area contributed by atoms with Crippen molar-refractivity contribution in [2.75, 3.05) is 57.2 Å². The summed E-state index contributed by atoms with van der Waals surface area (Å²) in [6, 6.07) is 5.19. The van der Waals surface area contributed by atoms with E-state index in [2.05, 4.69) is 11.6 Å². The number of amides is 2. The van der Waals surface area contributed by atoms with E-state index in [-0.39, 0.29) is 65.2 Å². The molecule has 2 atom stereocenters. The fourth-order valence-corrected chi connectivity index (χ4v) is 7.29. The molecule has 51 heavy (non-hydrogen) atoms. The van der Waals surface area contributed by atoms with Gasteiger partial charge in [0.05, 0.1) is 47.4 Å². The number of piperazine rings is 1. The van der Waals surface area contributed by atoms with E-state index in [9.17, 15) is 9.59 Å². The second-order valence-corrected chi connectivity index (χ2v) is 13.6. The maximum Gasteiger partial charge on any atom is 0.281 e. The summed E-state index contributed by atoms with van der Waals surface area (Å²) in [6.07, 6.45) is 2.77. The number of carbonyl (C=O) groups excluding carboxylic acids is 2. The van der Waals surface area contributed by atoms with Gasteiger partial charge in [0.2, 0.25) is 5.91 Å². The lowest BCUT2D eigenvalue weighted by molar-refractivity contribution is -0.130. The van der Waals surface area contributed by atoms with Crippen molar-refractivity contribution in [1.29, 1.82) is 0 Å². The number of rotatable bonds is 8. The largest absolute Gasteiger partial charge is 0.496 e. The lowest BCUT2D eigenvalue weighted by atomic mass is 9.94. The van der Waals surface area contributed by atoms with E-state index in [0.717, 1.165) is 16.7 Å². The summed E-state index contributed by atoms with van der Waals surface area (Å²) in [5.74, 6) is -4.33. The smallest absolute Gasteiger partial charge is 0.281 e. The Bertz CT molecular complexity index is 2150. The summed E-state index contributed by atoms with van der Waals surface area (Å²) >= 11 is 0. The molecule has 1 saturated heterocycles. The van der Waals surface area contributed by atoms with Crippen LogP contribution in [0.5, 0.6) is 5.75 Å². The highest BCUT2D eigenvalue weighted by Gasteiger charge is 2.47. The molecule has 0 saturated carbocycles. The van der Waals surface area contributed by atoms with Gasteiger partial charge in [-0.2, -0.15) is 0 Å². The minimum absolute atomic E-state index is 0.000310. The molecule has 2 aromatic heterocycles. The number of hydrogen-bond acceptors (Lipinski definition) is 7. The normalized spacial score (nSPS) is 17.3. The molecule has 268 valence electrons. The predicted octanol–water partition coefficient (Wildman–Crippen LogP) is 5.41. The summed E-state index contributed by atoms with van der Waals surface area (Å²) in [6.45, 7) is 11.4. The molecule has 13 heteroatoms. The molecule has 1 fully saturated rings. The molecule has 2 amide bonds. The monoisotopic (exact) mass is 702 g/mol. The molecule has 4 heterocycles. The van der Waals surface area contributed by atoms with Crippen LogP contribution in [-0.2, 0) is 9.59 Å². The topological polar surface area (TPSA) is 91.2 Å². The van der Waals surface area contributed by atoms with Crippen LogP contribution in [0.15, 0.2) is 54.0 Å². The average molecular weight is 703 g/mol. The molecular formula is C38H41F3N6O4. The van der Waals surface area contributed by atoms with E-state index < -0.39 is 52.1 Å². The standard InChI is InChI=1S/C38H41F3N6O4/c1-9-28(48)45-19-26-37(49)44(16-15-43(6)7)36-35(46(26)18-22(45)5)23-17-25(40)30(29-24(39)11-10-12-27(29)51-8)31(41)34(23)47(38(36)50)33-21(4)13-14-42-32(33)20(2)3/h9-14,17,20,22,26H,1,15-16,18-19H2,2-8H3. The quantitative estimate of drug-likeness (QED) is 0.227. The number of likely N-dealkylation sites (N-methyl/N-ethyl adjacent to an activating group) is 1. The van der Waals surface area contributed by atoms with Gasteiger partial charge in [0, 0.05) is 37.3 Å². The Morgan fingerprint density at radius 3 is 2.45 bits per heavy atom. The van der Waals surface area contributed by atoms with Gasteiger partial charge in [-0.1, -0.05) is 26.5 Å². The van der Waals surface area contributed by atoms with Crippen molar-refractivity contribution in [1.82, 2.24) is 19.4 Å². The Morgan fingerprint density at radius 1 is 1.08 bits per heavy atom. The molecule has 6 rings (SSSR count). The van der Waals surface area contributed by atoms with Gasteiger partial charge in [0.1, 0.15) is 29.1 Å². The number of halogens is 3. The first kappa shape index (κ1) is 35.6. The molecule has 0 aliphatic carbocycles. The minimum Gasteiger partial charge on any atom is -0.496 e. The fraction of sp³-hybridized carbons (Fsp3) is 0.368. The highest BCUT2D eigenvalue weighted by atomic mass is 19.1. The number of benzene rings is 2. The second kappa shape index (κ2) is 13.5. The van der Waals surface area contributed by atoms with Crippen LogP contribution in [0.25, 0.3) is 27.7 Å². The van der Waals surface area contributed by atoms with E-state index >= 15 is 18.0 Å². The third kappa shape index (κ3) is 5.73. The number of aryl methyl sites for hydroxylation is 1. The number of fused-ring (bicyclic) bond motifs is 5. The highest BCUT2D eigenvalue weighted by Crippen LogP contribution is 2.46. The van der Waals surface area contributed by atoms with Gasteiger partial charge < -0.3 is 24.3 Å². The van der Waals surface area contributed by atoms with Gasteiger partial charge in [0.15, 0.2) is 5.82 Å². The van der Waals surface area contributed by atoms with Crippen LogP contribution >= 0.6 is 0 Å². The van der Waals surface area contributed by atoms with Crippen molar-refractivity contribution in [2.45, 2.75) is 45.7 Å². The van der Waals surface area contributed by atoms with Gasteiger partial charge in [0.25, 0.3) is 11.5 Å². The summed E-state index contributed by atoms with van der Waals surface area (Å²) in [4.78, 5) is 53.6. The van der Waals surface area contributed by atoms with Crippen molar-refractivity contribution in [2.24, 2.45) is 0 Å². The first-order chi connectivity index (χ1) is 24.2. The zero-order valence-corrected chi connectivity index (χ0v) is 29.8. The summed E-state index contributed by atoms with van der Waals surface area (Å²) < 4.78 is 56.3. The number of hydrogen-bond donors (Lipinski definition) is 0. The van der Waals surface area contributed by atoms with Gasteiger partial charge in [-0.3, -0.25) is 23.9 Å². The van der Waals surface area contributed by atoms with Crippen LogP contribution in [0, 0.1) is 24.4 Å². The third-order valence-electron chi connectivity index (χ3n) is 9.75. The van der Waals surface area contributed by atoms with Crippen LogP contribution in [0.2, 0.25) is 0 Å². The van der Waals surface area contributed by atoms with E-state index in [1.54, 1.807) is 31.0 Å². The van der Waals surface area contributed by atoms with Crippen LogP contribution in [-0.4, -0.2) is 90.6 Å². The number of anilines is 2. The number of methoxy groups -OCH3 is 1. The van der Waals surface area contributed by atoms with E-state index in [1.807, 2.05) is 32.8 Å². The second-order valence-electron chi connectivity index (χ2n) is 13.6. The number of carbonyl (C=O) groups is 2. The summed E-state index contributed by atoms with van der Waals surface area (Å²) in [5, 5.41) is -0.000310. The van der Waals surface area contributed by atoms with E-state index in [4.69, 9.17) is 4.74 Å². The molecule has 0 spiro atoms. The van der Waals surface area contributed by atoms with Gasteiger partial charge in [-0.25, -0.2) is 13.2 Å². The SMILES string of the molecule is C=CC(=O)N1CC2C(=O)N(CCN(C)C)c3c(c4cc(F)c(-c5c(F)cccc5OC)c(F)c4n(-c4c(C)ccnc4C(C)C)c3=O)N2CC1C. The molecular weight excluding hydrogens is 661 g/mol. The van der Waals surface area contributed by atoms with Crippen LogP contribution in [0.1, 0.15) is 37.9 Å². The maximum atomic E-state index is 17.6. The molecule has 0 radical (unpaired) electrons. The first-order valence-corrected chi connectivity index (χ1v) is 16.8.